The minimum absolute atomic E-state index is 0.0259. The van der Waals surface area contributed by atoms with Crippen molar-refractivity contribution in [3.8, 4) is 6.07 Å². The Kier molecular flexibility index (Phi) is 4.03. The van der Waals surface area contributed by atoms with Gasteiger partial charge < -0.3 is 9.73 Å². The van der Waals surface area contributed by atoms with Gasteiger partial charge in [0.2, 0.25) is 0 Å². The zero-order chi connectivity index (χ0) is 16.4. The number of para-hydroxylation sites is 1. The molecule has 1 saturated carbocycles. The van der Waals surface area contributed by atoms with Crippen LogP contribution in [-0.2, 0) is 4.79 Å². The van der Waals surface area contributed by atoms with Gasteiger partial charge in [-0.1, -0.05) is 25.1 Å². The molecule has 1 fully saturated rings. The van der Waals surface area contributed by atoms with Gasteiger partial charge in [-0.2, -0.15) is 5.26 Å². The van der Waals surface area contributed by atoms with Gasteiger partial charge in [0.25, 0.3) is 5.91 Å². The van der Waals surface area contributed by atoms with Crippen LogP contribution in [0.2, 0.25) is 0 Å². The molecule has 3 rings (SSSR count). The van der Waals surface area contributed by atoms with Crippen molar-refractivity contribution in [2.45, 2.75) is 26.2 Å². The minimum Gasteiger partial charge on any atom is -0.461 e. The summed E-state index contributed by atoms with van der Waals surface area (Å²) in [5.41, 5.74) is 1.67. The summed E-state index contributed by atoms with van der Waals surface area (Å²) in [4.78, 5) is 12.3. The molecule has 0 bridgehead atoms. The number of carbonyl (C=O) groups is 1. The van der Waals surface area contributed by atoms with E-state index < -0.39 is 5.91 Å². The second-order valence-corrected chi connectivity index (χ2v) is 6.00. The first-order valence-electron chi connectivity index (χ1n) is 7.67. The van der Waals surface area contributed by atoms with Crippen molar-refractivity contribution in [1.29, 1.82) is 5.26 Å². The molecule has 2 atom stereocenters. The molecule has 4 nitrogen and oxygen atoms in total. The third-order valence-electron chi connectivity index (χ3n) is 4.17. The van der Waals surface area contributed by atoms with Crippen LogP contribution in [0.5, 0.6) is 0 Å². The Morgan fingerprint density at radius 3 is 2.74 bits per heavy atom. The Labute approximate surface area is 135 Å². The van der Waals surface area contributed by atoms with Crippen LogP contribution in [0.1, 0.15) is 36.3 Å². The lowest BCUT2D eigenvalue weighted by atomic mass is 10.1. The maximum Gasteiger partial charge on any atom is 0.266 e. The lowest BCUT2D eigenvalue weighted by molar-refractivity contribution is -0.112. The maximum absolute atomic E-state index is 12.3. The molecular formula is C19H18N2O2. The topological polar surface area (TPSA) is 66.0 Å². The van der Waals surface area contributed by atoms with Gasteiger partial charge in [0.05, 0.1) is 0 Å². The van der Waals surface area contributed by atoms with Gasteiger partial charge in [0, 0.05) is 17.7 Å². The number of hydrogen-bond acceptors (Lipinski definition) is 3. The number of carbonyl (C=O) groups excluding carboxylic acids is 1. The number of amides is 1. The van der Waals surface area contributed by atoms with Crippen molar-refractivity contribution in [1.82, 2.24) is 0 Å². The summed E-state index contributed by atoms with van der Waals surface area (Å²) < 4.78 is 5.73. The monoisotopic (exact) mass is 306 g/mol. The normalized spacial score (nSPS) is 20.0. The van der Waals surface area contributed by atoms with Gasteiger partial charge in [-0.05, 0) is 43.0 Å². The van der Waals surface area contributed by atoms with Crippen LogP contribution >= 0.6 is 0 Å². The molecule has 2 aromatic rings. The van der Waals surface area contributed by atoms with E-state index in [0.717, 1.165) is 17.7 Å². The maximum atomic E-state index is 12.3. The highest BCUT2D eigenvalue weighted by Crippen LogP contribution is 2.47. The summed E-state index contributed by atoms with van der Waals surface area (Å²) >= 11 is 0. The number of nitrogens with one attached hydrogen (secondary N) is 1. The van der Waals surface area contributed by atoms with E-state index in [1.54, 1.807) is 6.07 Å². The zero-order valence-electron chi connectivity index (χ0n) is 13.2. The predicted molar refractivity (Wildman–Crippen MR) is 88.6 cm³/mol. The molecule has 0 aliphatic heterocycles. The molecule has 116 valence electrons. The number of anilines is 1. The van der Waals surface area contributed by atoms with Crippen LogP contribution in [0.15, 0.2) is 46.4 Å². The smallest absolute Gasteiger partial charge is 0.266 e. The van der Waals surface area contributed by atoms with Gasteiger partial charge in [-0.25, -0.2) is 0 Å². The van der Waals surface area contributed by atoms with Gasteiger partial charge >= 0.3 is 0 Å². The molecule has 1 N–H and O–H groups in total. The van der Waals surface area contributed by atoms with Gasteiger partial charge in [-0.3, -0.25) is 4.79 Å². The molecule has 0 saturated heterocycles. The van der Waals surface area contributed by atoms with E-state index in [2.05, 4.69) is 12.2 Å². The fourth-order valence-electron chi connectivity index (χ4n) is 2.56. The predicted octanol–water partition coefficient (Wildman–Crippen LogP) is 4.26. The summed E-state index contributed by atoms with van der Waals surface area (Å²) in [6.07, 6.45) is 2.62. The third-order valence-corrected chi connectivity index (χ3v) is 4.17. The van der Waals surface area contributed by atoms with Crippen molar-refractivity contribution in [3.63, 3.8) is 0 Å². The number of nitriles is 1. The summed E-state index contributed by atoms with van der Waals surface area (Å²) in [7, 11) is 0. The Morgan fingerprint density at radius 1 is 1.35 bits per heavy atom. The highest BCUT2D eigenvalue weighted by Gasteiger charge is 2.36. The third kappa shape index (κ3) is 3.35. The molecule has 4 heteroatoms. The van der Waals surface area contributed by atoms with Crippen LogP contribution < -0.4 is 5.32 Å². The average molecular weight is 306 g/mol. The van der Waals surface area contributed by atoms with Crippen LogP contribution in [0.4, 0.5) is 5.69 Å². The standard InChI is InChI=1S/C19H18N2O2/c1-12-5-3-4-6-17(12)21-19(22)14(11-20)10-15-7-8-18(23-15)16-9-13(16)2/h3-8,10,13,16H,9H2,1-2H3,(H,21,22)/b14-10+. The van der Waals surface area contributed by atoms with E-state index in [4.69, 9.17) is 4.42 Å². The molecule has 0 radical (unpaired) electrons. The largest absolute Gasteiger partial charge is 0.461 e. The number of nitrogens with zero attached hydrogens (tertiary/aromatic N) is 1. The molecule has 1 aliphatic carbocycles. The fourth-order valence-corrected chi connectivity index (χ4v) is 2.56. The molecule has 0 spiro atoms. The van der Waals surface area contributed by atoms with Crippen molar-refractivity contribution < 1.29 is 9.21 Å². The summed E-state index contributed by atoms with van der Waals surface area (Å²) in [5, 5.41) is 12.0. The van der Waals surface area contributed by atoms with Crippen molar-refractivity contribution >= 4 is 17.7 Å². The quantitative estimate of drug-likeness (QED) is 0.678. The number of aryl methyl sites for hydroxylation is 1. The molecule has 1 aliphatic rings. The first kappa shape index (κ1) is 15.1. The Morgan fingerprint density at radius 2 is 2.09 bits per heavy atom. The molecule has 1 heterocycles. The van der Waals surface area contributed by atoms with E-state index in [0.29, 0.717) is 23.3 Å². The average Bonchev–Trinajstić information content (AvgIpc) is 3.09. The second kappa shape index (κ2) is 6.13. The second-order valence-electron chi connectivity index (χ2n) is 6.00. The number of rotatable bonds is 4. The Bertz CT molecular complexity index is 811. The zero-order valence-corrected chi connectivity index (χ0v) is 13.2. The first-order chi connectivity index (χ1) is 11.1. The van der Waals surface area contributed by atoms with Gasteiger partial charge in [0.1, 0.15) is 23.2 Å². The Balaban J connectivity index is 1.76. The summed E-state index contributed by atoms with van der Waals surface area (Å²) in [6.45, 7) is 4.08. The van der Waals surface area contributed by atoms with Crippen molar-refractivity contribution in [2.24, 2.45) is 5.92 Å². The number of benzene rings is 1. The number of furan rings is 1. The van der Waals surface area contributed by atoms with Gasteiger partial charge in [0.15, 0.2) is 0 Å². The summed E-state index contributed by atoms with van der Waals surface area (Å²) in [5.74, 6) is 2.16. The fraction of sp³-hybridized carbons (Fsp3) is 0.263. The van der Waals surface area contributed by atoms with Crippen molar-refractivity contribution in [2.75, 3.05) is 5.32 Å². The van der Waals surface area contributed by atoms with Crippen LogP contribution in [0, 0.1) is 24.2 Å². The first-order valence-corrected chi connectivity index (χ1v) is 7.67. The molecule has 2 unspecified atom stereocenters. The van der Waals surface area contributed by atoms with Crippen LogP contribution in [0.25, 0.3) is 6.08 Å². The highest BCUT2D eigenvalue weighted by molar-refractivity contribution is 6.09. The molecule has 1 amide bonds. The minimum atomic E-state index is -0.431. The number of hydrogen-bond donors (Lipinski definition) is 1. The van der Waals surface area contributed by atoms with E-state index in [1.807, 2.05) is 43.3 Å². The Hall–Kier alpha value is -2.80. The molecule has 1 aromatic carbocycles. The van der Waals surface area contributed by atoms with E-state index in [-0.39, 0.29) is 5.57 Å². The van der Waals surface area contributed by atoms with Crippen LogP contribution in [0.3, 0.4) is 0 Å². The van der Waals surface area contributed by atoms with E-state index >= 15 is 0 Å². The molecule has 1 aromatic heterocycles. The summed E-state index contributed by atoms with van der Waals surface area (Å²) in [6, 6.07) is 13.1. The van der Waals surface area contributed by atoms with Crippen LogP contribution in [-0.4, -0.2) is 5.91 Å². The van der Waals surface area contributed by atoms with E-state index in [1.165, 1.54) is 6.08 Å². The SMILES string of the molecule is Cc1ccccc1NC(=O)/C(C#N)=C/c1ccc(C2CC2C)o1. The van der Waals surface area contributed by atoms with E-state index in [9.17, 15) is 10.1 Å². The highest BCUT2D eigenvalue weighted by atomic mass is 16.3. The lowest BCUT2D eigenvalue weighted by Crippen LogP contribution is -2.14. The van der Waals surface area contributed by atoms with Crippen molar-refractivity contribution in [3.05, 3.63) is 59.1 Å². The van der Waals surface area contributed by atoms with Gasteiger partial charge in [-0.15, -0.1) is 0 Å². The molecule has 23 heavy (non-hydrogen) atoms. The molecular weight excluding hydrogens is 288 g/mol. The lowest BCUT2D eigenvalue weighted by Gasteiger charge is -2.06.